The van der Waals surface area contributed by atoms with Gasteiger partial charge >= 0.3 is 6.18 Å². The normalized spacial score (nSPS) is 33.4. The fourth-order valence-electron chi connectivity index (χ4n) is 2.86. The molecule has 2 N–H and O–H groups in total. The molecule has 19 heavy (non-hydrogen) atoms. The van der Waals surface area contributed by atoms with Gasteiger partial charge in [-0.1, -0.05) is 0 Å². The van der Waals surface area contributed by atoms with Gasteiger partial charge in [0, 0.05) is 19.1 Å². The van der Waals surface area contributed by atoms with Crippen molar-refractivity contribution < 1.29 is 18.0 Å². The molecule has 4 nitrogen and oxygen atoms in total. The Morgan fingerprint density at radius 3 is 2.74 bits per heavy atom. The van der Waals surface area contributed by atoms with Gasteiger partial charge in [0.1, 0.15) is 0 Å². The van der Waals surface area contributed by atoms with Crippen LogP contribution in [0.3, 0.4) is 0 Å². The van der Waals surface area contributed by atoms with E-state index in [-0.39, 0.29) is 25.6 Å². The Kier molecular flexibility index (Phi) is 4.06. The summed E-state index contributed by atoms with van der Waals surface area (Å²) in [5, 5.41) is 5.25. The van der Waals surface area contributed by atoms with Gasteiger partial charge in [-0.25, -0.2) is 0 Å². The second-order valence-electron chi connectivity index (χ2n) is 5.58. The van der Waals surface area contributed by atoms with Crippen molar-refractivity contribution in [3.8, 4) is 0 Å². The number of hydrogen-bond acceptors (Lipinski definition) is 3. The van der Waals surface area contributed by atoms with Crippen LogP contribution in [-0.4, -0.2) is 56.3 Å². The summed E-state index contributed by atoms with van der Waals surface area (Å²) in [5.74, 6) is -0.870. The van der Waals surface area contributed by atoms with E-state index in [4.69, 9.17) is 0 Å². The molecule has 0 aromatic heterocycles. The van der Waals surface area contributed by atoms with Crippen molar-refractivity contribution in [2.45, 2.75) is 31.5 Å². The molecule has 2 unspecified atom stereocenters. The monoisotopic (exact) mass is 279 g/mol. The van der Waals surface area contributed by atoms with Crippen molar-refractivity contribution in [3.63, 3.8) is 0 Å². The fraction of sp³-hybridized carbons (Fsp3) is 0.917. The second kappa shape index (κ2) is 5.28. The van der Waals surface area contributed by atoms with E-state index in [1.54, 1.807) is 0 Å². The zero-order valence-electron chi connectivity index (χ0n) is 11.0. The lowest BCUT2D eigenvalue weighted by Gasteiger charge is -2.35. The summed E-state index contributed by atoms with van der Waals surface area (Å²) in [6.07, 6.45) is -3.03. The second-order valence-corrected chi connectivity index (χ2v) is 5.58. The minimum atomic E-state index is -4.50. The van der Waals surface area contributed by atoms with Crippen molar-refractivity contribution >= 4 is 5.91 Å². The molecule has 0 radical (unpaired) electrons. The highest BCUT2D eigenvalue weighted by Gasteiger charge is 2.61. The molecule has 2 saturated heterocycles. The standard InChI is InChI=1S/C12H20F3N3O/c1-18-6-2-3-9(7-18)17-10(19)11(12(13,14)15)4-5-16-8-11/h9,16H,2-8H2,1H3,(H,17,19). The number of likely N-dealkylation sites (N-methyl/N-ethyl adjacent to an activating group) is 1. The molecule has 2 fully saturated rings. The van der Waals surface area contributed by atoms with Crippen molar-refractivity contribution in [1.82, 2.24) is 15.5 Å². The number of halogens is 3. The maximum atomic E-state index is 13.2. The van der Waals surface area contributed by atoms with Gasteiger partial charge in [-0.3, -0.25) is 4.79 Å². The summed E-state index contributed by atoms with van der Waals surface area (Å²) in [6.45, 7) is 1.47. The van der Waals surface area contributed by atoms with Crippen LogP contribution in [-0.2, 0) is 4.79 Å². The molecule has 2 rings (SSSR count). The third-order valence-electron chi connectivity index (χ3n) is 4.09. The number of rotatable bonds is 2. The number of carbonyl (C=O) groups is 1. The predicted molar refractivity (Wildman–Crippen MR) is 64.6 cm³/mol. The molecule has 0 aliphatic carbocycles. The maximum absolute atomic E-state index is 13.2. The van der Waals surface area contributed by atoms with E-state index in [0.29, 0.717) is 6.54 Å². The summed E-state index contributed by atoms with van der Waals surface area (Å²) in [5.41, 5.74) is -2.25. The maximum Gasteiger partial charge on any atom is 0.404 e. The van der Waals surface area contributed by atoms with Crippen LogP contribution < -0.4 is 10.6 Å². The quantitative estimate of drug-likeness (QED) is 0.783. The first-order valence-electron chi connectivity index (χ1n) is 6.62. The van der Waals surface area contributed by atoms with Crippen LogP contribution in [0.25, 0.3) is 0 Å². The molecule has 0 saturated carbocycles. The van der Waals surface area contributed by atoms with E-state index in [1.807, 2.05) is 11.9 Å². The van der Waals surface area contributed by atoms with Gasteiger partial charge < -0.3 is 15.5 Å². The van der Waals surface area contributed by atoms with Gasteiger partial charge in [0.05, 0.1) is 0 Å². The smallest absolute Gasteiger partial charge is 0.351 e. The Morgan fingerprint density at radius 2 is 2.21 bits per heavy atom. The van der Waals surface area contributed by atoms with Crippen LogP contribution >= 0.6 is 0 Å². The number of likely N-dealkylation sites (tertiary alicyclic amines) is 1. The van der Waals surface area contributed by atoms with Gasteiger partial charge in [-0.05, 0) is 39.4 Å². The highest BCUT2D eigenvalue weighted by molar-refractivity contribution is 5.84. The van der Waals surface area contributed by atoms with E-state index >= 15 is 0 Å². The summed E-state index contributed by atoms with van der Waals surface area (Å²) in [7, 11) is 1.91. The average Bonchev–Trinajstić information content (AvgIpc) is 2.78. The van der Waals surface area contributed by atoms with Crippen LogP contribution in [0.1, 0.15) is 19.3 Å². The lowest BCUT2D eigenvalue weighted by molar-refractivity contribution is -0.216. The highest BCUT2D eigenvalue weighted by atomic mass is 19.4. The first-order chi connectivity index (χ1) is 8.85. The van der Waals surface area contributed by atoms with Crippen molar-refractivity contribution in [2.24, 2.45) is 5.41 Å². The number of nitrogens with one attached hydrogen (secondary N) is 2. The minimum absolute atomic E-state index is 0.175. The molecule has 0 bridgehead atoms. The zero-order chi connectivity index (χ0) is 14.1. The summed E-state index contributed by atoms with van der Waals surface area (Å²) >= 11 is 0. The van der Waals surface area contributed by atoms with Crippen LogP contribution in [0.4, 0.5) is 13.2 Å². The predicted octanol–water partition coefficient (Wildman–Crippen LogP) is 0.739. The number of amides is 1. The van der Waals surface area contributed by atoms with Crippen molar-refractivity contribution in [2.75, 3.05) is 33.2 Å². The minimum Gasteiger partial charge on any atom is -0.351 e. The van der Waals surface area contributed by atoms with E-state index in [2.05, 4.69) is 10.6 Å². The molecule has 2 aliphatic heterocycles. The summed E-state index contributed by atoms with van der Waals surface area (Å²) < 4.78 is 39.6. The van der Waals surface area contributed by atoms with E-state index in [0.717, 1.165) is 19.4 Å². The van der Waals surface area contributed by atoms with Gasteiger partial charge in [-0.15, -0.1) is 0 Å². The Balaban J connectivity index is 2.04. The molecule has 2 heterocycles. The number of nitrogens with zero attached hydrogens (tertiary/aromatic N) is 1. The third kappa shape index (κ3) is 2.86. The number of carbonyl (C=O) groups excluding carboxylic acids is 1. The van der Waals surface area contributed by atoms with E-state index in [9.17, 15) is 18.0 Å². The molecule has 0 spiro atoms. The van der Waals surface area contributed by atoms with Gasteiger partial charge in [-0.2, -0.15) is 13.2 Å². The van der Waals surface area contributed by atoms with Gasteiger partial charge in [0.25, 0.3) is 0 Å². The van der Waals surface area contributed by atoms with Gasteiger partial charge in [0.15, 0.2) is 5.41 Å². The lowest BCUT2D eigenvalue weighted by Crippen LogP contribution is -2.56. The Hall–Kier alpha value is -0.820. The van der Waals surface area contributed by atoms with Crippen molar-refractivity contribution in [1.29, 1.82) is 0 Å². The molecule has 0 aromatic carbocycles. The molecule has 0 aromatic rings. The summed E-state index contributed by atoms with van der Waals surface area (Å²) in [4.78, 5) is 14.1. The lowest BCUT2D eigenvalue weighted by atomic mass is 9.84. The van der Waals surface area contributed by atoms with E-state index < -0.39 is 17.5 Å². The van der Waals surface area contributed by atoms with Crippen molar-refractivity contribution in [3.05, 3.63) is 0 Å². The topological polar surface area (TPSA) is 44.4 Å². The Bertz CT molecular complexity index is 340. The fourth-order valence-corrected chi connectivity index (χ4v) is 2.86. The van der Waals surface area contributed by atoms with E-state index in [1.165, 1.54) is 0 Å². The summed E-state index contributed by atoms with van der Waals surface area (Å²) in [6, 6.07) is -0.175. The zero-order valence-corrected chi connectivity index (χ0v) is 11.0. The molecule has 110 valence electrons. The highest BCUT2D eigenvalue weighted by Crippen LogP contribution is 2.43. The average molecular weight is 279 g/mol. The molecular weight excluding hydrogens is 259 g/mol. The number of hydrogen-bond donors (Lipinski definition) is 2. The van der Waals surface area contributed by atoms with Crippen LogP contribution in [0.15, 0.2) is 0 Å². The molecule has 1 amide bonds. The van der Waals surface area contributed by atoms with Gasteiger partial charge in [0.2, 0.25) is 5.91 Å². The van der Waals surface area contributed by atoms with Crippen LogP contribution in [0.5, 0.6) is 0 Å². The molecular formula is C12H20F3N3O. The number of piperidine rings is 1. The molecule has 2 aliphatic rings. The van der Waals surface area contributed by atoms with Crippen LogP contribution in [0.2, 0.25) is 0 Å². The molecule has 2 atom stereocenters. The largest absolute Gasteiger partial charge is 0.404 e. The Morgan fingerprint density at radius 1 is 1.47 bits per heavy atom. The molecule has 7 heteroatoms. The Labute approximate surface area is 110 Å². The van der Waals surface area contributed by atoms with Crippen LogP contribution in [0, 0.1) is 5.41 Å². The number of alkyl halides is 3. The first-order valence-corrected chi connectivity index (χ1v) is 6.62. The first kappa shape index (κ1) is 14.6. The SMILES string of the molecule is CN1CCCC(NC(=O)C2(C(F)(F)F)CCNC2)C1. The third-order valence-corrected chi connectivity index (χ3v) is 4.09.